The molecule has 6 nitrogen and oxygen atoms in total. The van der Waals surface area contributed by atoms with Gasteiger partial charge in [-0.1, -0.05) is 78.0 Å². The van der Waals surface area contributed by atoms with Gasteiger partial charge in [0.2, 0.25) is 5.91 Å². The van der Waals surface area contributed by atoms with Gasteiger partial charge in [0.05, 0.1) is 24.4 Å². The smallest absolute Gasteiger partial charge is 0.230 e. The molecule has 33 heavy (non-hydrogen) atoms. The van der Waals surface area contributed by atoms with Crippen LogP contribution < -0.4 is 10.1 Å². The summed E-state index contributed by atoms with van der Waals surface area (Å²) in [6, 6.07) is 25.2. The van der Waals surface area contributed by atoms with E-state index in [0.29, 0.717) is 29.1 Å². The van der Waals surface area contributed by atoms with Gasteiger partial charge in [-0.25, -0.2) is 0 Å². The molecule has 4 rings (SSSR count). The molecule has 4 aromatic rings. The van der Waals surface area contributed by atoms with Gasteiger partial charge in [-0.3, -0.25) is 9.36 Å². The largest absolute Gasteiger partial charge is 0.497 e. The minimum Gasteiger partial charge on any atom is -0.497 e. The number of amides is 1. The first-order valence-electron chi connectivity index (χ1n) is 10.4. The number of hydrogen-bond donors (Lipinski definition) is 1. The molecule has 0 unspecified atom stereocenters. The fourth-order valence-electron chi connectivity index (χ4n) is 3.31. The molecule has 0 aliphatic heterocycles. The van der Waals surface area contributed by atoms with Gasteiger partial charge in [0, 0.05) is 12.1 Å². The van der Waals surface area contributed by atoms with Crippen molar-refractivity contribution in [1.29, 1.82) is 0 Å². The third-order valence-corrected chi connectivity index (χ3v) is 6.27. The highest BCUT2D eigenvalue weighted by atomic mass is 35.5. The van der Waals surface area contributed by atoms with Crippen LogP contribution in [0.4, 0.5) is 0 Å². The number of rotatable bonds is 9. The van der Waals surface area contributed by atoms with E-state index in [4.69, 9.17) is 16.3 Å². The number of carbonyl (C=O) groups excluding carboxylic acids is 1. The van der Waals surface area contributed by atoms with E-state index in [1.54, 1.807) is 7.11 Å². The number of benzene rings is 3. The van der Waals surface area contributed by atoms with Gasteiger partial charge in [-0.2, -0.15) is 0 Å². The van der Waals surface area contributed by atoms with Gasteiger partial charge in [-0.05, 0) is 35.4 Å². The van der Waals surface area contributed by atoms with Crippen LogP contribution in [-0.2, 0) is 17.9 Å². The van der Waals surface area contributed by atoms with Gasteiger partial charge in [0.1, 0.15) is 5.75 Å². The van der Waals surface area contributed by atoms with E-state index in [1.807, 2.05) is 83.4 Å². The number of methoxy groups -OCH3 is 1. The van der Waals surface area contributed by atoms with Crippen molar-refractivity contribution in [3.8, 4) is 17.1 Å². The number of aromatic nitrogens is 3. The highest BCUT2D eigenvalue weighted by molar-refractivity contribution is 7.99. The lowest BCUT2D eigenvalue weighted by molar-refractivity contribution is -0.118. The number of carbonyl (C=O) groups is 1. The summed E-state index contributed by atoms with van der Waals surface area (Å²) in [4.78, 5) is 12.5. The summed E-state index contributed by atoms with van der Waals surface area (Å²) in [5.74, 6) is 1.57. The molecule has 0 atom stereocenters. The Kier molecular flexibility index (Phi) is 7.65. The number of hydrogen-bond acceptors (Lipinski definition) is 5. The van der Waals surface area contributed by atoms with Crippen LogP contribution in [0.3, 0.4) is 0 Å². The third-order valence-electron chi connectivity index (χ3n) is 4.97. The van der Waals surface area contributed by atoms with Crippen molar-refractivity contribution in [1.82, 2.24) is 20.1 Å². The fourth-order valence-corrected chi connectivity index (χ4v) is 4.30. The summed E-state index contributed by atoms with van der Waals surface area (Å²) in [6.07, 6.45) is 0. The predicted molar refractivity (Wildman–Crippen MR) is 132 cm³/mol. The number of nitrogens with one attached hydrogen (secondary N) is 1. The Labute approximate surface area is 202 Å². The quantitative estimate of drug-likeness (QED) is 0.340. The first-order chi connectivity index (χ1) is 16.1. The SMILES string of the molecule is COc1cccc(CNC(=O)CSc2nnc(-c3ccccc3Cl)n2Cc2ccccc2)c1. The van der Waals surface area contributed by atoms with Crippen molar-refractivity contribution in [2.45, 2.75) is 18.2 Å². The number of thioether (sulfide) groups is 1. The summed E-state index contributed by atoms with van der Waals surface area (Å²) < 4.78 is 7.23. The molecule has 0 fully saturated rings. The Hall–Kier alpha value is -3.29. The van der Waals surface area contributed by atoms with Crippen LogP contribution in [0.1, 0.15) is 11.1 Å². The summed E-state index contributed by atoms with van der Waals surface area (Å²) in [5, 5.41) is 13.0. The second-order valence-corrected chi connectivity index (χ2v) is 8.62. The Morgan fingerprint density at radius 2 is 1.76 bits per heavy atom. The third kappa shape index (κ3) is 5.94. The molecular weight excluding hydrogens is 456 g/mol. The molecule has 0 bridgehead atoms. The lowest BCUT2D eigenvalue weighted by atomic mass is 10.2. The van der Waals surface area contributed by atoms with E-state index in [9.17, 15) is 4.79 Å². The predicted octanol–water partition coefficient (Wildman–Crippen LogP) is 5.06. The molecule has 8 heteroatoms. The van der Waals surface area contributed by atoms with E-state index < -0.39 is 0 Å². The van der Waals surface area contributed by atoms with Gasteiger partial charge in [0.25, 0.3) is 0 Å². The van der Waals surface area contributed by atoms with Crippen molar-refractivity contribution < 1.29 is 9.53 Å². The normalized spacial score (nSPS) is 10.7. The van der Waals surface area contributed by atoms with E-state index in [2.05, 4.69) is 15.5 Å². The van der Waals surface area contributed by atoms with E-state index in [0.717, 1.165) is 22.4 Å². The molecule has 0 saturated heterocycles. The molecule has 1 amide bonds. The van der Waals surface area contributed by atoms with Crippen LogP contribution in [0.2, 0.25) is 5.02 Å². The van der Waals surface area contributed by atoms with E-state index in [1.165, 1.54) is 11.8 Å². The second kappa shape index (κ2) is 11.0. The maximum atomic E-state index is 12.5. The Morgan fingerprint density at radius 1 is 1.00 bits per heavy atom. The molecule has 1 aromatic heterocycles. The molecule has 0 aliphatic carbocycles. The lowest BCUT2D eigenvalue weighted by Crippen LogP contribution is -2.24. The molecular formula is C25H23ClN4O2S. The number of halogens is 1. The molecule has 0 spiro atoms. The molecule has 3 aromatic carbocycles. The number of nitrogens with zero attached hydrogens (tertiary/aromatic N) is 3. The van der Waals surface area contributed by atoms with Crippen molar-refractivity contribution in [2.75, 3.05) is 12.9 Å². The van der Waals surface area contributed by atoms with Gasteiger partial charge >= 0.3 is 0 Å². The first-order valence-corrected chi connectivity index (χ1v) is 11.7. The van der Waals surface area contributed by atoms with Crippen LogP contribution in [0.15, 0.2) is 84.0 Å². The Balaban J connectivity index is 1.48. The highest BCUT2D eigenvalue weighted by Crippen LogP contribution is 2.30. The first kappa shape index (κ1) is 22.9. The Morgan fingerprint density at radius 3 is 2.55 bits per heavy atom. The maximum absolute atomic E-state index is 12.5. The minimum absolute atomic E-state index is 0.0867. The fraction of sp³-hybridized carbons (Fsp3) is 0.160. The maximum Gasteiger partial charge on any atom is 0.230 e. The van der Waals surface area contributed by atoms with Crippen LogP contribution in [0, 0.1) is 0 Å². The monoisotopic (exact) mass is 478 g/mol. The molecule has 168 valence electrons. The summed E-state index contributed by atoms with van der Waals surface area (Å²) in [6.45, 7) is 1.00. The van der Waals surface area contributed by atoms with Crippen molar-refractivity contribution in [3.05, 3.63) is 95.0 Å². The Bertz CT molecular complexity index is 1230. The van der Waals surface area contributed by atoms with Crippen molar-refractivity contribution in [3.63, 3.8) is 0 Å². The summed E-state index contributed by atoms with van der Waals surface area (Å²) >= 11 is 7.78. The van der Waals surface area contributed by atoms with Crippen LogP contribution in [0.5, 0.6) is 5.75 Å². The molecule has 0 saturated carbocycles. The average molecular weight is 479 g/mol. The molecule has 1 heterocycles. The topological polar surface area (TPSA) is 69.0 Å². The van der Waals surface area contributed by atoms with Gasteiger partial charge in [-0.15, -0.1) is 10.2 Å². The summed E-state index contributed by atoms with van der Waals surface area (Å²) in [5.41, 5.74) is 2.88. The molecule has 0 radical (unpaired) electrons. The van der Waals surface area contributed by atoms with Crippen LogP contribution in [-0.4, -0.2) is 33.5 Å². The van der Waals surface area contributed by atoms with Gasteiger partial charge in [0.15, 0.2) is 11.0 Å². The van der Waals surface area contributed by atoms with Crippen molar-refractivity contribution in [2.24, 2.45) is 0 Å². The highest BCUT2D eigenvalue weighted by Gasteiger charge is 2.18. The second-order valence-electron chi connectivity index (χ2n) is 7.27. The minimum atomic E-state index is -0.0867. The average Bonchev–Trinajstić information content (AvgIpc) is 3.24. The molecule has 1 N–H and O–H groups in total. The van der Waals surface area contributed by atoms with E-state index >= 15 is 0 Å². The zero-order chi connectivity index (χ0) is 23.0. The summed E-state index contributed by atoms with van der Waals surface area (Å²) in [7, 11) is 1.62. The van der Waals surface area contributed by atoms with E-state index in [-0.39, 0.29) is 11.7 Å². The van der Waals surface area contributed by atoms with Crippen molar-refractivity contribution >= 4 is 29.3 Å². The van der Waals surface area contributed by atoms with Crippen LogP contribution in [0.25, 0.3) is 11.4 Å². The number of ether oxygens (including phenoxy) is 1. The standard InChI is InChI=1S/C25H23ClN4O2S/c1-32-20-11-7-10-19(14-20)15-27-23(31)17-33-25-29-28-24(21-12-5-6-13-22(21)26)30(25)16-18-8-3-2-4-9-18/h2-14H,15-17H2,1H3,(H,27,31). The van der Waals surface area contributed by atoms with Gasteiger partial charge < -0.3 is 10.1 Å². The van der Waals surface area contributed by atoms with Crippen LogP contribution >= 0.6 is 23.4 Å². The zero-order valence-corrected chi connectivity index (χ0v) is 19.6. The zero-order valence-electron chi connectivity index (χ0n) is 18.1. The molecule has 0 aliphatic rings. The lowest BCUT2D eigenvalue weighted by Gasteiger charge is -2.11.